The Balaban J connectivity index is 1.57. The zero-order chi connectivity index (χ0) is 15.9. The van der Waals surface area contributed by atoms with Gasteiger partial charge >= 0.3 is 0 Å². The highest BCUT2D eigenvalue weighted by atomic mass is 16.5. The van der Waals surface area contributed by atoms with Crippen LogP contribution in [0.5, 0.6) is 11.5 Å². The van der Waals surface area contributed by atoms with E-state index in [4.69, 9.17) is 4.74 Å². The molecule has 0 aromatic heterocycles. The third-order valence-electron chi connectivity index (χ3n) is 3.96. The number of nitrogens with zero attached hydrogens (tertiary/aromatic N) is 2. The van der Waals surface area contributed by atoms with Crippen LogP contribution in [0.2, 0.25) is 0 Å². The number of hydrazone groups is 1. The highest BCUT2D eigenvalue weighted by Gasteiger charge is 2.09. The van der Waals surface area contributed by atoms with E-state index in [1.807, 2.05) is 54.6 Å². The Labute approximate surface area is 137 Å². The van der Waals surface area contributed by atoms with Gasteiger partial charge in [-0.1, -0.05) is 18.2 Å². The number of anilines is 1. The topological polar surface area (TPSA) is 36.9 Å². The van der Waals surface area contributed by atoms with Crippen LogP contribution < -0.4 is 10.2 Å². The molecule has 4 heteroatoms. The Morgan fingerprint density at radius 3 is 2.43 bits per heavy atom. The second-order valence-electron chi connectivity index (χ2n) is 5.89. The summed E-state index contributed by atoms with van der Waals surface area (Å²) in [6.45, 7) is 2.24. The van der Waals surface area contributed by atoms with Crippen LogP contribution >= 0.6 is 0 Å². The van der Waals surface area contributed by atoms with Crippen molar-refractivity contribution in [1.82, 2.24) is 4.90 Å². The molecule has 0 amide bonds. The molecule has 120 valence electrons. The van der Waals surface area contributed by atoms with E-state index in [2.05, 4.69) is 22.5 Å². The number of nitrogens with one attached hydrogen (secondary N) is 1. The molecule has 1 aliphatic heterocycles. The minimum absolute atomic E-state index is 0.825. The second-order valence-corrected chi connectivity index (χ2v) is 5.89. The Bertz CT molecular complexity index is 637. The van der Waals surface area contributed by atoms with Gasteiger partial charge in [-0.3, -0.25) is 5.43 Å². The van der Waals surface area contributed by atoms with Gasteiger partial charge in [0.2, 0.25) is 0 Å². The molecule has 23 heavy (non-hydrogen) atoms. The van der Waals surface area contributed by atoms with Gasteiger partial charge in [-0.05, 0) is 62.8 Å². The summed E-state index contributed by atoms with van der Waals surface area (Å²) in [5, 5.41) is 4.56. The first kappa shape index (κ1) is 15.6. The van der Waals surface area contributed by atoms with Gasteiger partial charge in [0, 0.05) is 18.7 Å². The van der Waals surface area contributed by atoms with Crippen molar-refractivity contribution in [1.29, 1.82) is 0 Å². The van der Waals surface area contributed by atoms with Crippen LogP contribution in [0, 0.1) is 0 Å². The van der Waals surface area contributed by atoms with Gasteiger partial charge in [-0.2, -0.15) is 5.10 Å². The summed E-state index contributed by atoms with van der Waals surface area (Å²) in [7, 11) is 2.17. The van der Waals surface area contributed by atoms with Crippen molar-refractivity contribution in [3.8, 4) is 11.5 Å². The van der Waals surface area contributed by atoms with E-state index in [0.29, 0.717) is 0 Å². The van der Waals surface area contributed by atoms with E-state index < -0.39 is 0 Å². The predicted octanol–water partition coefficient (Wildman–Crippen LogP) is 4.36. The molecule has 0 bridgehead atoms. The van der Waals surface area contributed by atoms with Crippen molar-refractivity contribution in [2.24, 2.45) is 5.10 Å². The van der Waals surface area contributed by atoms with Crippen molar-refractivity contribution < 1.29 is 4.74 Å². The fourth-order valence-electron chi connectivity index (χ4n) is 2.59. The van der Waals surface area contributed by atoms with Crippen molar-refractivity contribution in [3.63, 3.8) is 0 Å². The van der Waals surface area contributed by atoms with E-state index in [0.717, 1.165) is 43.1 Å². The van der Waals surface area contributed by atoms with E-state index >= 15 is 0 Å². The molecular formula is C19H23N3O. The maximum absolute atomic E-state index is 5.79. The molecule has 1 aliphatic rings. The van der Waals surface area contributed by atoms with E-state index in [9.17, 15) is 0 Å². The number of rotatable bonds is 4. The monoisotopic (exact) mass is 309 g/mol. The first-order valence-corrected chi connectivity index (χ1v) is 8.12. The van der Waals surface area contributed by atoms with Crippen LogP contribution in [0.1, 0.15) is 19.3 Å². The van der Waals surface area contributed by atoms with Crippen LogP contribution in [0.15, 0.2) is 59.7 Å². The van der Waals surface area contributed by atoms with Crippen molar-refractivity contribution in [2.45, 2.75) is 19.3 Å². The molecule has 0 aliphatic carbocycles. The molecule has 1 heterocycles. The van der Waals surface area contributed by atoms with Crippen LogP contribution in [0.3, 0.4) is 0 Å². The van der Waals surface area contributed by atoms with Crippen molar-refractivity contribution >= 4 is 11.4 Å². The fraction of sp³-hybridized carbons (Fsp3) is 0.316. The largest absolute Gasteiger partial charge is 0.457 e. The van der Waals surface area contributed by atoms with Gasteiger partial charge < -0.3 is 9.64 Å². The standard InChI is InChI=1S/C19H23N3O/c1-22-14-5-6-16(13-15-22)20-21-17-9-11-19(12-10-17)23-18-7-3-2-4-8-18/h2-4,7-12,21H,5-6,13-15H2,1H3/b20-16-. The first-order valence-electron chi connectivity index (χ1n) is 8.12. The third kappa shape index (κ3) is 4.83. The molecule has 1 fully saturated rings. The molecule has 0 spiro atoms. The normalized spacial score (nSPS) is 17.7. The summed E-state index contributed by atoms with van der Waals surface area (Å²) in [5.74, 6) is 1.67. The average Bonchev–Trinajstić information content (AvgIpc) is 2.80. The van der Waals surface area contributed by atoms with E-state index in [-0.39, 0.29) is 0 Å². The van der Waals surface area contributed by atoms with Crippen LogP contribution in [-0.2, 0) is 0 Å². The quantitative estimate of drug-likeness (QED) is 0.852. The van der Waals surface area contributed by atoms with Crippen LogP contribution in [0.25, 0.3) is 0 Å². The van der Waals surface area contributed by atoms with Crippen LogP contribution in [0.4, 0.5) is 5.69 Å². The molecule has 4 nitrogen and oxygen atoms in total. The van der Waals surface area contributed by atoms with Crippen molar-refractivity contribution in [3.05, 3.63) is 54.6 Å². The fourth-order valence-corrected chi connectivity index (χ4v) is 2.59. The maximum Gasteiger partial charge on any atom is 0.127 e. The predicted molar refractivity (Wildman–Crippen MR) is 95.4 cm³/mol. The Hall–Kier alpha value is -2.33. The Morgan fingerprint density at radius 1 is 0.913 bits per heavy atom. The maximum atomic E-state index is 5.79. The first-order chi connectivity index (χ1) is 11.3. The average molecular weight is 309 g/mol. The van der Waals surface area contributed by atoms with E-state index in [1.54, 1.807) is 0 Å². The molecule has 0 radical (unpaired) electrons. The third-order valence-corrected chi connectivity index (χ3v) is 3.96. The van der Waals surface area contributed by atoms with Gasteiger partial charge in [0.1, 0.15) is 11.5 Å². The number of likely N-dealkylation sites (tertiary alicyclic amines) is 1. The zero-order valence-corrected chi connectivity index (χ0v) is 13.5. The lowest BCUT2D eigenvalue weighted by Crippen LogP contribution is -2.18. The van der Waals surface area contributed by atoms with E-state index in [1.165, 1.54) is 12.1 Å². The molecule has 1 N–H and O–H groups in total. The van der Waals surface area contributed by atoms with Gasteiger partial charge in [0.25, 0.3) is 0 Å². The lowest BCUT2D eigenvalue weighted by molar-refractivity contribution is 0.352. The van der Waals surface area contributed by atoms with Crippen molar-refractivity contribution in [2.75, 3.05) is 25.6 Å². The highest BCUT2D eigenvalue weighted by Crippen LogP contribution is 2.22. The highest BCUT2D eigenvalue weighted by molar-refractivity contribution is 5.85. The van der Waals surface area contributed by atoms with Gasteiger partial charge in [-0.15, -0.1) is 0 Å². The zero-order valence-electron chi connectivity index (χ0n) is 13.5. The summed E-state index contributed by atoms with van der Waals surface area (Å²) in [6.07, 6.45) is 3.30. The smallest absolute Gasteiger partial charge is 0.127 e. The minimum Gasteiger partial charge on any atom is -0.457 e. The summed E-state index contributed by atoms with van der Waals surface area (Å²) in [6, 6.07) is 17.7. The van der Waals surface area contributed by atoms with Gasteiger partial charge in [-0.25, -0.2) is 0 Å². The Kier molecular flexibility index (Phi) is 5.27. The molecule has 2 aromatic carbocycles. The second kappa shape index (κ2) is 7.79. The molecule has 0 saturated carbocycles. The number of ether oxygens (including phenoxy) is 1. The number of benzene rings is 2. The minimum atomic E-state index is 0.825. The molecular weight excluding hydrogens is 286 g/mol. The summed E-state index contributed by atoms with van der Waals surface area (Å²) in [4.78, 5) is 2.36. The molecule has 1 saturated heterocycles. The number of para-hydroxylation sites is 1. The number of hydrogen-bond acceptors (Lipinski definition) is 4. The lowest BCUT2D eigenvalue weighted by Gasteiger charge is -2.10. The van der Waals surface area contributed by atoms with Crippen LogP contribution in [-0.4, -0.2) is 30.7 Å². The molecule has 0 unspecified atom stereocenters. The summed E-state index contributed by atoms with van der Waals surface area (Å²) in [5.41, 5.74) is 5.39. The Morgan fingerprint density at radius 2 is 1.65 bits per heavy atom. The SMILES string of the molecule is CN1CCC/C(=N/Nc2ccc(Oc3ccccc3)cc2)CC1. The summed E-state index contributed by atoms with van der Waals surface area (Å²) < 4.78 is 5.79. The molecule has 3 rings (SSSR count). The molecule has 2 aromatic rings. The molecule has 0 atom stereocenters. The number of hydrogen-bond donors (Lipinski definition) is 1. The van der Waals surface area contributed by atoms with Gasteiger partial charge in [0.15, 0.2) is 0 Å². The lowest BCUT2D eigenvalue weighted by atomic mass is 10.2. The van der Waals surface area contributed by atoms with Gasteiger partial charge in [0.05, 0.1) is 5.69 Å². The summed E-state index contributed by atoms with van der Waals surface area (Å²) >= 11 is 0.